The van der Waals surface area contributed by atoms with Gasteiger partial charge in [0, 0.05) is 0 Å². The summed E-state index contributed by atoms with van der Waals surface area (Å²) in [4.78, 5) is 0. The molecule has 0 N–H and O–H groups in total. The Kier molecular flexibility index (Phi) is 2.16. The molecule has 1 aliphatic rings. The Hall–Kier alpha value is -1.70. The van der Waals surface area contributed by atoms with Gasteiger partial charge >= 0.3 is 0 Å². The van der Waals surface area contributed by atoms with Crippen LogP contribution in [0.15, 0.2) is 64.8 Å². The lowest BCUT2D eigenvalue weighted by atomic mass is 10.1. The summed E-state index contributed by atoms with van der Waals surface area (Å²) < 4.78 is 15.3. The number of rotatable bonds is 2. The second kappa shape index (κ2) is 4.51. The van der Waals surface area contributed by atoms with Crippen molar-refractivity contribution in [3.63, 3.8) is 0 Å². The second-order valence-electron chi connectivity index (χ2n) is 2.94. The molecule has 0 amide bonds. The molecule has 0 spiro atoms. The van der Waals surface area contributed by atoms with Crippen LogP contribution >= 0.6 is 0 Å². The molecule has 1 aliphatic carbocycles. The number of benzene rings is 1. The summed E-state index contributed by atoms with van der Waals surface area (Å²) >= 11 is 0. The molecule has 2 nitrogen and oxygen atoms in total. The second-order valence-corrected chi connectivity index (χ2v) is 2.94. The van der Waals surface area contributed by atoms with Crippen LogP contribution in [-0.2, 0) is 0 Å². The van der Waals surface area contributed by atoms with Crippen LogP contribution in [0.25, 0.3) is 0 Å². The maximum absolute atomic E-state index is 7.98. The molecule has 70 valence electrons. The van der Waals surface area contributed by atoms with E-state index < -0.39 is 6.02 Å². The first-order valence-corrected chi connectivity index (χ1v) is 4.52. The van der Waals surface area contributed by atoms with E-state index in [0.717, 1.165) is 5.69 Å². The van der Waals surface area contributed by atoms with Gasteiger partial charge in [0.15, 0.2) is 0 Å². The van der Waals surface area contributed by atoms with E-state index in [9.17, 15) is 0 Å². The number of allylic oxidation sites excluding steroid dienone is 2. The van der Waals surface area contributed by atoms with Gasteiger partial charge in [-0.2, -0.15) is 10.2 Å². The Bertz CT molecular complexity index is 451. The van der Waals surface area contributed by atoms with Crippen molar-refractivity contribution in [3.05, 3.63) is 54.6 Å². The van der Waals surface area contributed by atoms with Gasteiger partial charge in [0.05, 0.1) is 14.4 Å². The maximum Gasteiger partial charge on any atom is 0.0930 e. The maximum atomic E-state index is 7.98. The van der Waals surface area contributed by atoms with Gasteiger partial charge in [-0.25, -0.2) is 0 Å². The first-order chi connectivity index (χ1) is 7.68. The zero-order valence-corrected chi connectivity index (χ0v) is 7.72. The largest absolute Gasteiger partial charge is 0.181 e. The Labute approximate surface area is 86.5 Å². The van der Waals surface area contributed by atoms with Gasteiger partial charge < -0.3 is 0 Å². The first-order valence-electron chi connectivity index (χ1n) is 5.52. The lowest BCUT2D eigenvalue weighted by molar-refractivity contribution is 0.776. The van der Waals surface area contributed by atoms with Gasteiger partial charge in [0.1, 0.15) is 0 Å². The van der Waals surface area contributed by atoms with Crippen molar-refractivity contribution in [2.24, 2.45) is 10.2 Å². The van der Waals surface area contributed by atoms with Crippen molar-refractivity contribution in [2.45, 2.75) is 12.4 Å². The van der Waals surface area contributed by atoms with E-state index in [1.165, 1.54) is 0 Å². The van der Waals surface area contributed by atoms with Gasteiger partial charge in [-0.15, -0.1) is 0 Å². The van der Waals surface area contributed by atoms with Crippen LogP contribution in [0.1, 0.15) is 9.16 Å². The molecule has 0 aliphatic heterocycles. The van der Waals surface area contributed by atoms with Crippen molar-refractivity contribution >= 4 is 5.69 Å². The van der Waals surface area contributed by atoms with E-state index in [2.05, 4.69) is 10.2 Å². The zero-order chi connectivity index (χ0) is 11.4. The molecule has 0 bridgehead atoms. The van der Waals surface area contributed by atoms with Crippen LogP contribution in [0.5, 0.6) is 0 Å². The highest BCUT2D eigenvalue weighted by Gasteiger charge is 2.01. The molecule has 1 aromatic carbocycles. The summed E-state index contributed by atoms with van der Waals surface area (Å²) in [6.45, 7) is 0. The third-order valence-electron chi connectivity index (χ3n) is 1.85. The van der Waals surface area contributed by atoms with Gasteiger partial charge in [0.2, 0.25) is 0 Å². The molecule has 1 aromatic rings. The first kappa shape index (κ1) is 6.71. The van der Waals surface area contributed by atoms with Crippen LogP contribution in [0, 0.1) is 0 Å². The van der Waals surface area contributed by atoms with Gasteiger partial charge in [-0.1, -0.05) is 42.5 Å². The summed E-state index contributed by atoms with van der Waals surface area (Å²) in [5.74, 6) is 0. The van der Waals surface area contributed by atoms with Gasteiger partial charge in [-0.3, -0.25) is 0 Å². The summed E-state index contributed by atoms with van der Waals surface area (Å²) in [6.07, 6.45) is 5.26. The summed E-state index contributed by atoms with van der Waals surface area (Å²) in [5, 5.41) is 8.02. The minimum atomic E-state index is -1.06. The minimum absolute atomic E-state index is 0.401. The average Bonchev–Trinajstić information content (AvgIpc) is 2.33. The molecule has 0 fully saturated rings. The average molecular weight is 186 g/mol. The molecule has 0 radical (unpaired) electrons. The Morgan fingerprint density at radius 1 is 1.36 bits per heavy atom. The van der Waals surface area contributed by atoms with Crippen LogP contribution in [0.2, 0.25) is 0 Å². The van der Waals surface area contributed by atoms with Crippen molar-refractivity contribution < 1.29 is 2.74 Å². The molecule has 14 heavy (non-hydrogen) atoms. The number of azo groups is 1. The molecular weight excluding hydrogens is 172 g/mol. The smallest absolute Gasteiger partial charge is 0.0930 e. The van der Waals surface area contributed by atoms with Crippen LogP contribution in [0.4, 0.5) is 5.69 Å². The lowest BCUT2D eigenvalue weighted by Gasteiger charge is -2.04. The van der Waals surface area contributed by atoms with E-state index in [1.54, 1.807) is 18.2 Å². The molecule has 0 aromatic heterocycles. The normalized spacial score (nSPS) is 28.4. The summed E-state index contributed by atoms with van der Waals surface area (Å²) in [5.41, 5.74) is 0.739. The number of hydrogen-bond acceptors (Lipinski definition) is 2. The highest BCUT2D eigenvalue weighted by atomic mass is 15.1. The Morgan fingerprint density at radius 3 is 2.93 bits per heavy atom. The molecule has 0 heterocycles. The molecular formula is C12H12N2. The highest BCUT2D eigenvalue weighted by Crippen LogP contribution is 2.14. The van der Waals surface area contributed by atoms with E-state index in [-0.39, 0.29) is 0 Å². The van der Waals surface area contributed by atoms with Crippen molar-refractivity contribution in [1.82, 2.24) is 0 Å². The van der Waals surface area contributed by atoms with Gasteiger partial charge in [-0.05, 0) is 18.6 Å². The fourth-order valence-electron chi connectivity index (χ4n) is 1.13. The van der Waals surface area contributed by atoms with Crippen molar-refractivity contribution in [2.75, 3.05) is 0 Å². The van der Waals surface area contributed by atoms with Crippen LogP contribution in [0.3, 0.4) is 0 Å². The molecule has 2 rings (SSSR count). The van der Waals surface area contributed by atoms with E-state index in [1.807, 2.05) is 30.3 Å². The Balaban J connectivity index is 2.11. The van der Waals surface area contributed by atoms with E-state index in [4.69, 9.17) is 2.74 Å². The van der Waals surface area contributed by atoms with Gasteiger partial charge in [0.25, 0.3) is 0 Å². The number of hydrogen-bond donors (Lipinski definition) is 0. The fourth-order valence-corrected chi connectivity index (χ4v) is 1.13. The standard InChI is InChI=1S/C12H12N2/c1-3-7-11(8-4-1)13-14-12-9-5-2-6-10-12/h1-9,12H,10H2/i2D,12D. The quantitative estimate of drug-likeness (QED) is 0.630. The third kappa shape index (κ3) is 2.39. The lowest BCUT2D eigenvalue weighted by Crippen LogP contribution is -1.98. The fraction of sp³-hybridized carbons (Fsp3) is 0.167. The molecule has 0 saturated carbocycles. The monoisotopic (exact) mass is 186 g/mol. The van der Waals surface area contributed by atoms with Crippen LogP contribution in [-0.4, -0.2) is 6.02 Å². The van der Waals surface area contributed by atoms with E-state index >= 15 is 0 Å². The topological polar surface area (TPSA) is 24.7 Å². The Morgan fingerprint density at radius 2 is 2.21 bits per heavy atom. The number of nitrogens with zero attached hydrogens (tertiary/aromatic N) is 2. The minimum Gasteiger partial charge on any atom is -0.181 e. The molecule has 2 heteroatoms. The molecule has 1 unspecified atom stereocenters. The zero-order valence-electron chi connectivity index (χ0n) is 9.72. The van der Waals surface area contributed by atoms with Crippen molar-refractivity contribution in [3.8, 4) is 0 Å². The van der Waals surface area contributed by atoms with Crippen LogP contribution < -0.4 is 0 Å². The summed E-state index contributed by atoms with van der Waals surface area (Å²) in [6, 6.07) is 8.72. The molecule has 0 saturated heterocycles. The predicted octanol–water partition coefficient (Wildman–Crippen LogP) is 3.66. The predicted molar refractivity (Wildman–Crippen MR) is 57.6 cm³/mol. The summed E-state index contributed by atoms with van der Waals surface area (Å²) in [7, 11) is 0. The van der Waals surface area contributed by atoms with E-state index in [0.29, 0.717) is 12.5 Å². The van der Waals surface area contributed by atoms with Crippen molar-refractivity contribution in [1.29, 1.82) is 0 Å². The highest BCUT2D eigenvalue weighted by molar-refractivity contribution is 5.34. The third-order valence-corrected chi connectivity index (χ3v) is 1.85. The molecule has 1 atom stereocenters. The SMILES string of the molecule is [2H]C1=CCC([2H])(N=Nc2ccccc2)C=C1.